The summed E-state index contributed by atoms with van der Waals surface area (Å²) >= 11 is 3.44. The Morgan fingerprint density at radius 3 is 2.62 bits per heavy atom. The topological polar surface area (TPSA) is 61.7 Å². The summed E-state index contributed by atoms with van der Waals surface area (Å²) in [5, 5.41) is 9.17. The number of ether oxygens (including phenoxy) is 1. The van der Waals surface area contributed by atoms with Gasteiger partial charge in [0, 0.05) is 23.3 Å². The number of aryl methyl sites for hydroxylation is 2. The first-order chi connectivity index (χ1) is 12.7. The first-order valence-electron chi connectivity index (χ1n) is 8.63. The van der Waals surface area contributed by atoms with E-state index in [2.05, 4.69) is 32.0 Å². The van der Waals surface area contributed by atoms with Crippen LogP contribution < -0.4 is 4.74 Å². The van der Waals surface area contributed by atoms with Crippen molar-refractivity contribution in [2.75, 3.05) is 0 Å². The van der Waals surface area contributed by atoms with E-state index in [1.165, 1.54) is 0 Å². The van der Waals surface area contributed by atoms with Crippen molar-refractivity contribution >= 4 is 15.9 Å². The van der Waals surface area contributed by atoms with Gasteiger partial charge in [0.05, 0.1) is 11.6 Å². The van der Waals surface area contributed by atoms with Gasteiger partial charge in [-0.15, -0.1) is 0 Å². The van der Waals surface area contributed by atoms with E-state index in [4.69, 9.17) is 10.00 Å². The number of rotatable bonds is 8. The molecular weight excluding hydrogens is 390 g/mol. The van der Waals surface area contributed by atoms with Crippen molar-refractivity contribution in [1.29, 1.82) is 5.26 Å². The van der Waals surface area contributed by atoms with Gasteiger partial charge in [-0.05, 0) is 54.7 Å². The van der Waals surface area contributed by atoms with Gasteiger partial charge in [-0.1, -0.05) is 34.1 Å². The highest BCUT2D eigenvalue weighted by molar-refractivity contribution is 9.10. The highest BCUT2D eigenvalue weighted by Gasteiger charge is 2.07. The van der Waals surface area contributed by atoms with Crippen LogP contribution in [-0.4, -0.2) is 9.97 Å². The zero-order valence-corrected chi connectivity index (χ0v) is 16.0. The Morgan fingerprint density at radius 1 is 1.08 bits per heavy atom. The summed E-state index contributed by atoms with van der Waals surface area (Å²) in [6.07, 6.45) is 7.59. The summed E-state index contributed by atoms with van der Waals surface area (Å²) in [5.74, 6) is 1.82. The van der Waals surface area contributed by atoms with Gasteiger partial charge in [-0.2, -0.15) is 5.26 Å². The van der Waals surface area contributed by atoms with Crippen molar-refractivity contribution in [2.24, 2.45) is 0 Å². The predicted molar refractivity (Wildman–Crippen MR) is 105 cm³/mol. The van der Waals surface area contributed by atoms with E-state index >= 15 is 0 Å². The van der Waals surface area contributed by atoms with Crippen LogP contribution in [0, 0.1) is 11.3 Å². The van der Waals surface area contributed by atoms with Gasteiger partial charge < -0.3 is 9.72 Å². The third-order valence-corrected chi connectivity index (χ3v) is 4.70. The second kappa shape index (κ2) is 9.21. The summed E-state index contributed by atoms with van der Waals surface area (Å²) in [6, 6.07) is 15.9. The summed E-state index contributed by atoms with van der Waals surface area (Å²) in [5.41, 5.74) is 2.86. The number of imidazole rings is 1. The highest BCUT2D eigenvalue weighted by Crippen LogP contribution is 2.24. The van der Waals surface area contributed by atoms with E-state index < -0.39 is 0 Å². The summed E-state index contributed by atoms with van der Waals surface area (Å²) in [7, 11) is 0. The van der Waals surface area contributed by atoms with Crippen LogP contribution in [0.4, 0.5) is 0 Å². The maximum absolute atomic E-state index is 9.17. The minimum Gasteiger partial charge on any atom is -0.489 e. The zero-order chi connectivity index (χ0) is 18.2. The van der Waals surface area contributed by atoms with E-state index in [9.17, 15) is 0 Å². The zero-order valence-electron chi connectivity index (χ0n) is 14.4. The third-order valence-electron chi connectivity index (χ3n) is 4.17. The number of H-pyrrole nitrogens is 1. The minimum absolute atomic E-state index is 0.488. The third kappa shape index (κ3) is 5.21. The van der Waals surface area contributed by atoms with Crippen molar-refractivity contribution in [1.82, 2.24) is 9.97 Å². The van der Waals surface area contributed by atoms with Crippen molar-refractivity contribution < 1.29 is 4.74 Å². The van der Waals surface area contributed by atoms with Gasteiger partial charge in [0.2, 0.25) is 0 Å². The van der Waals surface area contributed by atoms with E-state index in [-0.39, 0.29) is 0 Å². The highest BCUT2D eigenvalue weighted by atomic mass is 79.9. The molecular formula is C21H20BrN3O. The molecule has 0 fully saturated rings. The molecule has 1 heterocycles. The molecule has 3 rings (SSSR count). The molecule has 26 heavy (non-hydrogen) atoms. The smallest absolute Gasteiger partial charge is 0.124 e. The minimum atomic E-state index is 0.488. The monoisotopic (exact) mass is 409 g/mol. The molecule has 5 heteroatoms. The van der Waals surface area contributed by atoms with Crippen LogP contribution in [0.3, 0.4) is 0 Å². The van der Waals surface area contributed by atoms with Crippen LogP contribution in [0.25, 0.3) is 0 Å². The Kier molecular flexibility index (Phi) is 6.45. The molecule has 1 N–H and O–H groups in total. The number of benzene rings is 2. The fraction of sp³-hybridized carbons (Fsp3) is 0.238. The second-order valence-corrected chi connectivity index (χ2v) is 7.01. The number of aromatic nitrogens is 2. The van der Waals surface area contributed by atoms with E-state index in [1.807, 2.05) is 48.7 Å². The normalized spacial score (nSPS) is 10.5. The Bertz CT molecular complexity index is 867. The van der Waals surface area contributed by atoms with Crippen molar-refractivity contribution in [3.8, 4) is 11.8 Å². The van der Waals surface area contributed by atoms with E-state index in [0.29, 0.717) is 12.2 Å². The quantitative estimate of drug-likeness (QED) is 0.520. The van der Waals surface area contributed by atoms with Gasteiger partial charge in [-0.25, -0.2) is 4.98 Å². The first-order valence-corrected chi connectivity index (χ1v) is 9.42. The van der Waals surface area contributed by atoms with Gasteiger partial charge in [0.1, 0.15) is 18.2 Å². The molecule has 0 radical (unpaired) electrons. The molecule has 132 valence electrons. The van der Waals surface area contributed by atoms with E-state index in [1.54, 1.807) is 6.20 Å². The van der Waals surface area contributed by atoms with Crippen LogP contribution >= 0.6 is 15.9 Å². The summed E-state index contributed by atoms with van der Waals surface area (Å²) in [4.78, 5) is 7.38. The summed E-state index contributed by atoms with van der Waals surface area (Å²) < 4.78 is 7.07. The predicted octanol–water partition coefficient (Wildman–Crippen LogP) is 5.19. The second-order valence-electron chi connectivity index (χ2n) is 6.09. The van der Waals surface area contributed by atoms with Gasteiger partial charge in [0.25, 0.3) is 0 Å². The van der Waals surface area contributed by atoms with Gasteiger partial charge in [-0.3, -0.25) is 0 Å². The fourth-order valence-corrected chi connectivity index (χ4v) is 3.01. The lowest BCUT2D eigenvalue weighted by Crippen LogP contribution is -2.00. The van der Waals surface area contributed by atoms with Crippen LogP contribution in [0.1, 0.15) is 35.4 Å². The lowest BCUT2D eigenvalue weighted by molar-refractivity contribution is 0.302. The fourth-order valence-electron chi connectivity index (χ4n) is 2.75. The SMILES string of the molecule is N#Cc1ccc(CCCCc2ncc[nH]2)c(OCc2ccc(Br)cc2)c1. The molecule has 0 aliphatic carbocycles. The maximum atomic E-state index is 9.17. The molecule has 4 nitrogen and oxygen atoms in total. The Morgan fingerprint density at radius 2 is 1.88 bits per heavy atom. The molecule has 0 bridgehead atoms. The van der Waals surface area contributed by atoms with Crippen molar-refractivity contribution in [3.63, 3.8) is 0 Å². The number of nitrogens with one attached hydrogen (secondary N) is 1. The number of unbranched alkanes of at least 4 members (excludes halogenated alkanes) is 1. The standard InChI is InChI=1S/C21H20BrN3O/c22-19-9-6-16(7-10-19)15-26-20-13-17(14-23)5-8-18(20)3-1-2-4-21-24-11-12-25-21/h5-13H,1-4,15H2,(H,24,25). The lowest BCUT2D eigenvalue weighted by Gasteiger charge is -2.12. The molecule has 0 saturated heterocycles. The Hall–Kier alpha value is -2.58. The lowest BCUT2D eigenvalue weighted by atomic mass is 10.0. The van der Waals surface area contributed by atoms with Gasteiger partial charge in [0.15, 0.2) is 0 Å². The van der Waals surface area contributed by atoms with Gasteiger partial charge >= 0.3 is 0 Å². The molecule has 0 aliphatic rings. The number of halogens is 1. The Balaban J connectivity index is 1.61. The van der Waals surface area contributed by atoms with Crippen LogP contribution in [0.15, 0.2) is 59.3 Å². The summed E-state index contributed by atoms with van der Waals surface area (Å²) in [6.45, 7) is 0.488. The molecule has 0 aliphatic heterocycles. The van der Waals surface area contributed by atoms with Crippen molar-refractivity contribution in [2.45, 2.75) is 32.3 Å². The first kappa shape index (κ1) is 18.2. The molecule has 1 aromatic heterocycles. The molecule has 0 saturated carbocycles. The molecule has 3 aromatic rings. The molecule has 2 aromatic carbocycles. The average molecular weight is 410 g/mol. The molecule has 0 amide bonds. The molecule has 0 atom stereocenters. The average Bonchev–Trinajstić information content (AvgIpc) is 3.19. The number of hydrogen-bond acceptors (Lipinski definition) is 3. The number of nitrogens with zero attached hydrogens (tertiary/aromatic N) is 2. The van der Waals surface area contributed by atoms with Crippen LogP contribution in [-0.2, 0) is 19.4 Å². The van der Waals surface area contributed by atoms with Crippen LogP contribution in [0.2, 0.25) is 0 Å². The number of nitriles is 1. The number of hydrogen-bond donors (Lipinski definition) is 1. The molecule has 0 spiro atoms. The largest absolute Gasteiger partial charge is 0.489 e. The number of aromatic amines is 1. The Labute approximate surface area is 162 Å². The molecule has 0 unspecified atom stereocenters. The maximum Gasteiger partial charge on any atom is 0.124 e. The van der Waals surface area contributed by atoms with Crippen molar-refractivity contribution in [3.05, 3.63) is 81.8 Å². The van der Waals surface area contributed by atoms with E-state index in [0.717, 1.165) is 52.9 Å². The van der Waals surface area contributed by atoms with Crippen LogP contribution in [0.5, 0.6) is 5.75 Å².